The van der Waals surface area contributed by atoms with E-state index in [2.05, 4.69) is 12.2 Å². The Balaban J connectivity index is 1.94. The zero-order valence-electron chi connectivity index (χ0n) is 12.3. The van der Waals surface area contributed by atoms with Crippen LogP contribution in [0.25, 0.3) is 5.57 Å². The maximum absolute atomic E-state index is 11.9. The SMILES string of the molecule is CCC(CNC(=O)Sc1ccccc1)=C(C)c1ccco1. The summed E-state index contributed by atoms with van der Waals surface area (Å²) in [6.07, 6.45) is 2.54. The first kappa shape index (κ1) is 15.4. The van der Waals surface area contributed by atoms with Crippen molar-refractivity contribution in [3.8, 4) is 0 Å². The highest BCUT2D eigenvalue weighted by Crippen LogP contribution is 2.21. The Morgan fingerprint density at radius 3 is 2.57 bits per heavy atom. The molecule has 3 nitrogen and oxygen atoms in total. The van der Waals surface area contributed by atoms with Crippen LogP contribution in [0.2, 0.25) is 0 Å². The minimum Gasteiger partial charge on any atom is -0.465 e. The molecular weight excluding hydrogens is 282 g/mol. The highest BCUT2D eigenvalue weighted by molar-refractivity contribution is 8.13. The molecule has 0 saturated carbocycles. The van der Waals surface area contributed by atoms with Gasteiger partial charge in [-0.2, -0.15) is 0 Å². The van der Waals surface area contributed by atoms with E-state index in [9.17, 15) is 4.79 Å². The summed E-state index contributed by atoms with van der Waals surface area (Å²) < 4.78 is 5.40. The van der Waals surface area contributed by atoms with Crippen molar-refractivity contribution < 1.29 is 9.21 Å². The lowest BCUT2D eigenvalue weighted by Gasteiger charge is -2.10. The van der Waals surface area contributed by atoms with Gasteiger partial charge in [0.2, 0.25) is 0 Å². The zero-order valence-corrected chi connectivity index (χ0v) is 13.1. The quantitative estimate of drug-likeness (QED) is 0.793. The topological polar surface area (TPSA) is 42.2 Å². The van der Waals surface area contributed by atoms with Gasteiger partial charge in [-0.25, -0.2) is 0 Å². The van der Waals surface area contributed by atoms with Gasteiger partial charge in [-0.15, -0.1) is 0 Å². The Morgan fingerprint density at radius 2 is 1.95 bits per heavy atom. The van der Waals surface area contributed by atoms with Crippen molar-refractivity contribution in [3.63, 3.8) is 0 Å². The van der Waals surface area contributed by atoms with Gasteiger partial charge >= 0.3 is 0 Å². The summed E-state index contributed by atoms with van der Waals surface area (Å²) in [5, 5.41) is 2.91. The molecule has 0 bridgehead atoms. The smallest absolute Gasteiger partial charge is 0.284 e. The lowest BCUT2D eigenvalue weighted by molar-refractivity contribution is 0.261. The molecule has 110 valence electrons. The molecule has 4 heteroatoms. The number of nitrogens with one attached hydrogen (secondary N) is 1. The van der Waals surface area contributed by atoms with Gasteiger partial charge in [0.25, 0.3) is 5.24 Å². The van der Waals surface area contributed by atoms with Gasteiger partial charge in [0.15, 0.2) is 0 Å². The molecule has 0 fully saturated rings. The molecule has 2 rings (SSSR count). The van der Waals surface area contributed by atoms with Gasteiger partial charge < -0.3 is 9.73 Å². The number of carbonyl (C=O) groups excluding carboxylic acids is 1. The predicted octanol–water partition coefficient (Wildman–Crippen LogP) is 4.97. The Morgan fingerprint density at radius 1 is 1.19 bits per heavy atom. The highest BCUT2D eigenvalue weighted by atomic mass is 32.2. The van der Waals surface area contributed by atoms with Gasteiger partial charge in [0, 0.05) is 11.4 Å². The Bertz CT molecular complexity index is 603. The Hall–Kier alpha value is -1.94. The monoisotopic (exact) mass is 301 g/mol. The third-order valence-corrected chi connectivity index (χ3v) is 4.09. The van der Waals surface area contributed by atoms with Crippen molar-refractivity contribution in [2.75, 3.05) is 6.54 Å². The van der Waals surface area contributed by atoms with Crippen LogP contribution in [0.5, 0.6) is 0 Å². The number of hydrogen-bond acceptors (Lipinski definition) is 3. The Labute approximate surface area is 129 Å². The van der Waals surface area contributed by atoms with Crippen molar-refractivity contribution in [2.45, 2.75) is 25.2 Å². The highest BCUT2D eigenvalue weighted by Gasteiger charge is 2.08. The van der Waals surface area contributed by atoms with Gasteiger partial charge in [0.1, 0.15) is 5.76 Å². The summed E-state index contributed by atoms with van der Waals surface area (Å²) in [5.41, 5.74) is 2.26. The molecule has 0 spiro atoms. The molecule has 21 heavy (non-hydrogen) atoms. The minimum atomic E-state index is -0.0422. The van der Waals surface area contributed by atoms with Crippen LogP contribution in [-0.2, 0) is 0 Å². The van der Waals surface area contributed by atoms with Crippen molar-refractivity contribution in [1.82, 2.24) is 5.32 Å². The average Bonchev–Trinajstić information content (AvgIpc) is 3.03. The molecule has 0 radical (unpaired) electrons. The van der Waals surface area contributed by atoms with Crippen molar-refractivity contribution >= 4 is 22.6 Å². The number of thioether (sulfide) groups is 1. The molecule has 0 unspecified atom stereocenters. The fourth-order valence-corrected chi connectivity index (χ4v) is 2.65. The first-order valence-electron chi connectivity index (χ1n) is 6.94. The van der Waals surface area contributed by atoms with E-state index in [1.165, 1.54) is 17.3 Å². The van der Waals surface area contributed by atoms with E-state index >= 15 is 0 Å². The second kappa shape index (κ2) is 7.74. The molecule has 0 atom stereocenters. The first-order valence-corrected chi connectivity index (χ1v) is 7.75. The maximum Gasteiger partial charge on any atom is 0.284 e. The maximum atomic E-state index is 11.9. The van der Waals surface area contributed by atoms with Crippen molar-refractivity contribution in [2.24, 2.45) is 0 Å². The normalized spacial score (nSPS) is 11.9. The molecule has 1 heterocycles. The van der Waals surface area contributed by atoms with Crippen LogP contribution in [0.3, 0.4) is 0 Å². The van der Waals surface area contributed by atoms with Crippen LogP contribution in [-0.4, -0.2) is 11.8 Å². The third-order valence-electron chi connectivity index (χ3n) is 3.25. The standard InChI is InChI=1S/C17H19NO2S/c1-3-14(13(2)16-10-7-11-20-16)12-18-17(19)21-15-8-5-4-6-9-15/h4-11H,3,12H2,1-2H3,(H,18,19). The lowest BCUT2D eigenvalue weighted by atomic mass is 10.1. The number of allylic oxidation sites excluding steroid dienone is 1. The van der Waals surface area contributed by atoms with Crippen molar-refractivity contribution in [3.05, 3.63) is 60.1 Å². The number of hydrogen-bond donors (Lipinski definition) is 1. The molecule has 2 aromatic rings. The second-order valence-corrected chi connectivity index (χ2v) is 5.66. The number of amides is 1. The molecule has 1 aromatic carbocycles. The average molecular weight is 301 g/mol. The molecule has 1 aromatic heterocycles. The first-order chi connectivity index (χ1) is 10.2. The van der Waals surface area contributed by atoms with E-state index in [-0.39, 0.29) is 5.24 Å². The van der Waals surface area contributed by atoms with Crippen LogP contribution in [0.4, 0.5) is 4.79 Å². The fourth-order valence-electron chi connectivity index (χ4n) is 2.00. The van der Waals surface area contributed by atoms with Gasteiger partial charge in [-0.1, -0.05) is 25.1 Å². The summed E-state index contributed by atoms with van der Waals surface area (Å²) in [5.74, 6) is 0.858. The number of carbonyl (C=O) groups is 1. The number of rotatable bonds is 5. The van der Waals surface area contributed by atoms with Gasteiger partial charge in [-0.05, 0) is 60.5 Å². The van der Waals surface area contributed by atoms with Crippen molar-refractivity contribution in [1.29, 1.82) is 0 Å². The fraction of sp³-hybridized carbons (Fsp3) is 0.235. The van der Waals surface area contributed by atoms with Gasteiger partial charge in [-0.3, -0.25) is 4.79 Å². The summed E-state index contributed by atoms with van der Waals surface area (Å²) in [6.45, 7) is 4.65. The molecule has 1 amide bonds. The molecule has 0 aliphatic rings. The van der Waals surface area contributed by atoms with Crippen LogP contribution in [0.15, 0.2) is 63.6 Å². The zero-order chi connectivity index (χ0) is 15.1. The predicted molar refractivity (Wildman–Crippen MR) is 87.3 cm³/mol. The molecule has 0 aliphatic heterocycles. The summed E-state index contributed by atoms with van der Waals surface area (Å²) >= 11 is 1.21. The van der Waals surface area contributed by atoms with Crippen LogP contribution < -0.4 is 5.32 Å². The van der Waals surface area contributed by atoms with E-state index in [1.54, 1.807) is 6.26 Å². The van der Waals surface area contributed by atoms with Crippen LogP contribution >= 0.6 is 11.8 Å². The van der Waals surface area contributed by atoms with Crippen LogP contribution in [0, 0.1) is 0 Å². The minimum absolute atomic E-state index is 0.0422. The van der Waals surface area contributed by atoms with E-state index < -0.39 is 0 Å². The Kier molecular flexibility index (Phi) is 5.69. The van der Waals surface area contributed by atoms with E-state index in [0.717, 1.165) is 22.6 Å². The lowest BCUT2D eigenvalue weighted by Crippen LogP contribution is -2.21. The molecule has 0 saturated heterocycles. The summed E-state index contributed by atoms with van der Waals surface area (Å²) in [7, 11) is 0. The number of benzene rings is 1. The largest absolute Gasteiger partial charge is 0.465 e. The van der Waals surface area contributed by atoms with Gasteiger partial charge in [0.05, 0.1) is 6.26 Å². The molecule has 0 aliphatic carbocycles. The van der Waals surface area contributed by atoms with E-state index in [0.29, 0.717) is 6.54 Å². The van der Waals surface area contributed by atoms with E-state index in [1.807, 2.05) is 49.4 Å². The number of furan rings is 1. The summed E-state index contributed by atoms with van der Waals surface area (Å²) in [4.78, 5) is 12.9. The summed E-state index contributed by atoms with van der Waals surface area (Å²) in [6, 6.07) is 13.4. The molecular formula is C17H19NO2S. The second-order valence-electron chi connectivity index (χ2n) is 4.62. The van der Waals surface area contributed by atoms with E-state index in [4.69, 9.17) is 4.42 Å². The van der Waals surface area contributed by atoms with Crippen LogP contribution in [0.1, 0.15) is 26.0 Å². The molecule has 1 N–H and O–H groups in total. The third kappa shape index (κ3) is 4.53.